The van der Waals surface area contributed by atoms with Crippen molar-refractivity contribution in [1.29, 1.82) is 0 Å². The fourth-order valence-electron chi connectivity index (χ4n) is 4.04. The summed E-state index contributed by atoms with van der Waals surface area (Å²) in [6.45, 7) is 6.14. The zero-order valence-corrected chi connectivity index (χ0v) is 20.7. The van der Waals surface area contributed by atoms with Crippen molar-refractivity contribution in [2.45, 2.75) is 69.7 Å². The molecule has 4 nitrogen and oxygen atoms in total. The van der Waals surface area contributed by atoms with Crippen molar-refractivity contribution in [1.82, 2.24) is 4.57 Å². The van der Waals surface area contributed by atoms with Crippen molar-refractivity contribution in [3.8, 4) is 0 Å². The molecule has 188 valence electrons. The highest BCUT2D eigenvalue weighted by molar-refractivity contribution is 8.03. The number of aryl methyl sites for hydroxylation is 1. The maximum atomic E-state index is 14.3. The van der Waals surface area contributed by atoms with Crippen LogP contribution in [0.3, 0.4) is 0 Å². The summed E-state index contributed by atoms with van der Waals surface area (Å²) in [6.07, 6.45) is -1.71. The molecule has 1 aliphatic heterocycles. The highest BCUT2D eigenvalue weighted by Gasteiger charge is 2.42. The molecule has 2 heterocycles. The van der Waals surface area contributed by atoms with E-state index in [-0.39, 0.29) is 17.3 Å². The van der Waals surface area contributed by atoms with Gasteiger partial charge in [-0.2, -0.15) is 13.2 Å². The Hall–Kier alpha value is -1.97. The predicted octanol–water partition coefficient (Wildman–Crippen LogP) is 7.55. The number of benzene rings is 1. The lowest BCUT2D eigenvalue weighted by atomic mass is 9.98. The number of carboxylic acid groups (broad SMARTS) is 1. The first-order chi connectivity index (χ1) is 16.1. The maximum absolute atomic E-state index is 14.3. The third-order valence-electron chi connectivity index (χ3n) is 5.40. The van der Waals surface area contributed by atoms with E-state index in [1.807, 2.05) is 26.0 Å². The van der Waals surface area contributed by atoms with Crippen LogP contribution >= 0.6 is 23.4 Å². The number of nitrogens with zero attached hydrogens (tertiary/aromatic N) is 1. The Balaban J connectivity index is 0.00000199. The van der Waals surface area contributed by atoms with Crippen LogP contribution in [0.4, 0.5) is 17.6 Å². The monoisotopic (exact) mass is 521 g/mol. The number of aliphatic hydroxyl groups excluding tert-OH is 1. The number of hydrogen-bond acceptors (Lipinski definition) is 3. The van der Waals surface area contributed by atoms with Gasteiger partial charge in [0.2, 0.25) is 0 Å². The number of alkyl halides is 4. The summed E-state index contributed by atoms with van der Waals surface area (Å²) in [7, 11) is 0. The summed E-state index contributed by atoms with van der Waals surface area (Å²) in [5, 5.41) is 19.5. The summed E-state index contributed by atoms with van der Waals surface area (Å²) in [4.78, 5) is 12.6. The van der Waals surface area contributed by atoms with Crippen molar-refractivity contribution in [3.63, 3.8) is 0 Å². The molecule has 2 N–H and O–H groups in total. The number of aliphatic carboxylic acids is 1. The summed E-state index contributed by atoms with van der Waals surface area (Å²) in [6, 6.07) is 1.84. The molecule has 0 radical (unpaired) electrons. The lowest BCUT2D eigenvalue weighted by Gasteiger charge is -2.18. The summed E-state index contributed by atoms with van der Waals surface area (Å²) < 4.78 is 56.3. The molecule has 2 unspecified atom stereocenters. The van der Waals surface area contributed by atoms with Crippen molar-refractivity contribution < 1.29 is 32.6 Å². The Morgan fingerprint density at radius 1 is 1.32 bits per heavy atom. The topological polar surface area (TPSA) is 62.5 Å². The molecular formula is C24H28ClF4NO3S. The predicted molar refractivity (Wildman–Crippen MR) is 128 cm³/mol. The van der Waals surface area contributed by atoms with E-state index in [1.165, 1.54) is 11.8 Å². The molecule has 0 aliphatic carbocycles. The summed E-state index contributed by atoms with van der Waals surface area (Å²) >= 11 is 6.88. The summed E-state index contributed by atoms with van der Waals surface area (Å²) in [5.74, 6) is -2.04. The van der Waals surface area contributed by atoms with Crippen LogP contribution in [0.15, 0.2) is 40.2 Å². The van der Waals surface area contributed by atoms with Gasteiger partial charge in [-0.3, -0.25) is 4.79 Å². The van der Waals surface area contributed by atoms with E-state index in [4.69, 9.17) is 11.6 Å². The number of carbonyl (C=O) groups is 1. The van der Waals surface area contributed by atoms with Crippen molar-refractivity contribution in [3.05, 3.63) is 52.3 Å². The number of aromatic nitrogens is 1. The van der Waals surface area contributed by atoms with Gasteiger partial charge in [-0.1, -0.05) is 43.8 Å². The molecular weight excluding hydrogens is 494 g/mol. The number of hydrogen-bond donors (Lipinski definition) is 2. The second kappa shape index (κ2) is 12.1. The SMILES string of the molecule is C/C=C(\C/C=C\CCl)Sc1c2n(c3cc(F)cc(C(O)C(F)(F)F)c13)CCC2CC(=O)O.CC. The Morgan fingerprint density at radius 3 is 2.56 bits per heavy atom. The smallest absolute Gasteiger partial charge is 0.418 e. The van der Waals surface area contributed by atoms with Gasteiger partial charge in [0.1, 0.15) is 5.82 Å². The number of allylic oxidation sites excluding steroid dienone is 4. The molecule has 1 aliphatic rings. The molecule has 34 heavy (non-hydrogen) atoms. The molecule has 0 fully saturated rings. The highest BCUT2D eigenvalue weighted by Crippen LogP contribution is 2.50. The standard InChI is InChI=1S/C22H22ClF4NO3S.C2H6/c1-2-14(5-3-4-7-23)32-20-18-15(21(31)22(25,26)27)10-13(24)11-16(18)28-8-6-12(19(20)28)9-17(29)30;1-2/h2-4,10-12,21,31H,5-9H2,1H3,(H,29,30);1-2H3/b4-3-,14-2+;. The molecule has 2 aromatic rings. The van der Waals surface area contributed by atoms with Crippen LogP contribution in [-0.2, 0) is 11.3 Å². The van der Waals surface area contributed by atoms with Crippen LogP contribution in [0.25, 0.3) is 10.9 Å². The fraction of sp³-hybridized carbons (Fsp3) is 0.458. The maximum Gasteiger partial charge on any atom is 0.418 e. The van der Waals surface area contributed by atoms with E-state index in [2.05, 4.69) is 0 Å². The van der Waals surface area contributed by atoms with E-state index in [9.17, 15) is 32.6 Å². The summed E-state index contributed by atoms with van der Waals surface area (Å²) in [5.41, 5.74) is 0.215. The van der Waals surface area contributed by atoms with Crippen molar-refractivity contribution in [2.24, 2.45) is 0 Å². The first-order valence-electron chi connectivity index (χ1n) is 10.9. The average molecular weight is 522 g/mol. The minimum absolute atomic E-state index is 0.104. The molecule has 1 aromatic carbocycles. The van der Waals surface area contributed by atoms with E-state index < -0.39 is 35.5 Å². The van der Waals surface area contributed by atoms with Crippen LogP contribution in [-0.4, -0.2) is 32.8 Å². The normalized spacial score (nSPS) is 17.1. The number of thioether (sulfide) groups is 1. The number of rotatable bonds is 8. The van der Waals surface area contributed by atoms with E-state index in [1.54, 1.807) is 17.6 Å². The van der Waals surface area contributed by atoms with Crippen LogP contribution < -0.4 is 0 Å². The second-order valence-corrected chi connectivity index (χ2v) is 8.91. The van der Waals surface area contributed by atoms with Gasteiger partial charge in [0.15, 0.2) is 6.10 Å². The molecule has 0 saturated heterocycles. The van der Waals surface area contributed by atoms with Gasteiger partial charge >= 0.3 is 12.1 Å². The van der Waals surface area contributed by atoms with Gasteiger partial charge in [0.05, 0.1) is 11.9 Å². The lowest BCUT2D eigenvalue weighted by molar-refractivity contribution is -0.206. The van der Waals surface area contributed by atoms with Crippen LogP contribution in [0, 0.1) is 5.82 Å². The van der Waals surface area contributed by atoms with E-state index in [0.29, 0.717) is 41.9 Å². The van der Waals surface area contributed by atoms with E-state index >= 15 is 0 Å². The zero-order chi connectivity index (χ0) is 25.6. The number of aliphatic hydroxyl groups is 1. The van der Waals surface area contributed by atoms with Crippen molar-refractivity contribution >= 4 is 40.2 Å². The first kappa shape index (κ1) is 28.3. The second-order valence-electron chi connectivity index (χ2n) is 7.47. The number of fused-ring (bicyclic) bond motifs is 3. The third kappa shape index (κ3) is 6.17. The first-order valence-corrected chi connectivity index (χ1v) is 12.3. The third-order valence-corrected chi connectivity index (χ3v) is 6.86. The minimum atomic E-state index is -4.98. The lowest BCUT2D eigenvalue weighted by Crippen LogP contribution is -2.20. The molecule has 2 atom stereocenters. The van der Waals surface area contributed by atoms with E-state index in [0.717, 1.165) is 11.0 Å². The molecule has 0 spiro atoms. The fourth-order valence-corrected chi connectivity index (χ4v) is 5.43. The molecule has 3 rings (SSSR count). The quantitative estimate of drug-likeness (QED) is 0.163. The van der Waals surface area contributed by atoms with Gasteiger partial charge in [-0.05, 0) is 36.8 Å². The highest BCUT2D eigenvalue weighted by atomic mass is 35.5. The van der Waals surface area contributed by atoms with Crippen LogP contribution in [0.2, 0.25) is 0 Å². The Kier molecular flexibility index (Phi) is 10.1. The average Bonchev–Trinajstić information content (AvgIpc) is 3.31. The Labute approximate surface area is 205 Å². The van der Waals surface area contributed by atoms with Crippen LogP contribution in [0.5, 0.6) is 0 Å². The van der Waals surface area contributed by atoms with Gasteiger partial charge in [0.25, 0.3) is 0 Å². The molecule has 0 amide bonds. The van der Waals surface area contributed by atoms with Gasteiger partial charge in [0, 0.05) is 39.9 Å². The van der Waals surface area contributed by atoms with Gasteiger partial charge in [-0.15, -0.1) is 11.6 Å². The van der Waals surface area contributed by atoms with Crippen LogP contribution in [0.1, 0.15) is 63.3 Å². The molecule has 0 bridgehead atoms. The van der Waals surface area contributed by atoms with Gasteiger partial charge < -0.3 is 14.8 Å². The van der Waals surface area contributed by atoms with Gasteiger partial charge in [-0.25, -0.2) is 4.39 Å². The largest absolute Gasteiger partial charge is 0.481 e. The number of carboxylic acids is 1. The Bertz CT molecular complexity index is 1080. The minimum Gasteiger partial charge on any atom is -0.481 e. The Morgan fingerprint density at radius 2 is 2.00 bits per heavy atom. The molecule has 0 saturated carbocycles. The number of halogens is 5. The van der Waals surface area contributed by atoms with Crippen molar-refractivity contribution in [2.75, 3.05) is 5.88 Å². The molecule has 1 aromatic heterocycles. The molecule has 10 heteroatoms. The zero-order valence-electron chi connectivity index (χ0n) is 19.1.